The van der Waals surface area contributed by atoms with Gasteiger partial charge in [-0.15, -0.1) is 11.6 Å². The van der Waals surface area contributed by atoms with Gasteiger partial charge in [0, 0.05) is 0 Å². The van der Waals surface area contributed by atoms with Crippen molar-refractivity contribution in [3.05, 3.63) is 35.9 Å². The van der Waals surface area contributed by atoms with Crippen molar-refractivity contribution in [3.8, 4) is 0 Å². The van der Waals surface area contributed by atoms with Crippen molar-refractivity contribution < 1.29 is 15.3 Å². The fourth-order valence-corrected chi connectivity index (χ4v) is 1.04. The molecule has 1 aromatic rings. The molecule has 4 heteroatoms. The van der Waals surface area contributed by atoms with Gasteiger partial charge in [0.05, 0.1) is 5.88 Å². The van der Waals surface area contributed by atoms with Gasteiger partial charge >= 0.3 is 5.97 Å². The Balaban J connectivity index is 2.38. The summed E-state index contributed by atoms with van der Waals surface area (Å²) in [6.45, 7) is 0.280. The molecule has 0 spiro atoms. The number of alkyl halides is 1. The molecule has 0 heterocycles. The number of hydrogen-bond donors (Lipinski definition) is 1. The van der Waals surface area contributed by atoms with Gasteiger partial charge in [-0.3, -0.25) is 0 Å². The lowest BCUT2D eigenvalue weighted by Gasteiger charge is -2.06. The molecule has 3 nitrogen and oxygen atoms in total. The minimum Gasteiger partial charge on any atom is -0.456 e. The molecule has 1 atom stereocenters. The second-order valence-corrected chi connectivity index (χ2v) is 3.25. The summed E-state index contributed by atoms with van der Waals surface area (Å²) in [7, 11) is 0. The van der Waals surface area contributed by atoms with E-state index < -0.39 is 6.04 Å². The van der Waals surface area contributed by atoms with Crippen LogP contribution in [0.5, 0.6) is 0 Å². The first kappa shape index (κ1) is 11.0. The van der Waals surface area contributed by atoms with Crippen molar-refractivity contribution in [1.29, 1.82) is 0 Å². The third-order valence-electron chi connectivity index (χ3n) is 1.74. The summed E-state index contributed by atoms with van der Waals surface area (Å²) in [5, 5.41) is 0. The van der Waals surface area contributed by atoms with Crippen LogP contribution in [-0.2, 0) is 16.1 Å². The van der Waals surface area contributed by atoms with Crippen molar-refractivity contribution in [2.24, 2.45) is 0 Å². The van der Waals surface area contributed by atoms with E-state index >= 15 is 0 Å². The van der Waals surface area contributed by atoms with E-state index in [0.29, 0.717) is 0 Å². The molecule has 76 valence electrons. The Morgan fingerprint density at radius 3 is 2.64 bits per heavy atom. The third kappa shape index (κ3) is 3.36. The molecule has 0 aliphatic carbocycles. The van der Waals surface area contributed by atoms with Crippen LogP contribution < -0.4 is 5.73 Å². The summed E-state index contributed by atoms with van der Waals surface area (Å²) >= 11 is 5.47. The highest BCUT2D eigenvalue weighted by molar-refractivity contribution is 6.19. The van der Waals surface area contributed by atoms with Crippen LogP contribution in [-0.4, -0.2) is 17.9 Å². The summed E-state index contributed by atoms with van der Waals surface area (Å²) < 4.78 is 4.99. The molecular formula is C10H13ClNO2+. The Morgan fingerprint density at radius 1 is 1.43 bits per heavy atom. The van der Waals surface area contributed by atoms with E-state index in [1.165, 1.54) is 0 Å². The van der Waals surface area contributed by atoms with Gasteiger partial charge in [0.25, 0.3) is 0 Å². The minimum absolute atomic E-state index is 0.188. The largest absolute Gasteiger partial charge is 0.456 e. The van der Waals surface area contributed by atoms with Gasteiger partial charge < -0.3 is 10.5 Å². The average molecular weight is 215 g/mol. The minimum atomic E-state index is -0.486. The topological polar surface area (TPSA) is 53.9 Å². The summed E-state index contributed by atoms with van der Waals surface area (Å²) in [6, 6.07) is 9.01. The van der Waals surface area contributed by atoms with E-state index in [1.807, 2.05) is 30.3 Å². The molecule has 0 aliphatic rings. The molecule has 0 aliphatic heterocycles. The predicted octanol–water partition coefficient (Wildman–Crippen LogP) is 0.579. The molecular weight excluding hydrogens is 202 g/mol. The van der Waals surface area contributed by atoms with Crippen molar-refractivity contribution in [1.82, 2.24) is 0 Å². The van der Waals surface area contributed by atoms with Crippen molar-refractivity contribution in [3.63, 3.8) is 0 Å². The molecule has 0 aromatic heterocycles. The highest BCUT2D eigenvalue weighted by Crippen LogP contribution is 2.01. The fraction of sp³-hybridized carbons (Fsp3) is 0.300. The second kappa shape index (κ2) is 5.62. The molecule has 0 saturated carbocycles. The van der Waals surface area contributed by atoms with Crippen LogP contribution in [0.15, 0.2) is 30.3 Å². The average Bonchev–Trinajstić information content (AvgIpc) is 2.26. The first-order chi connectivity index (χ1) is 6.74. The number of ether oxygens (including phenoxy) is 1. The Labute approximate surface area is 87.8 Å². The summed E-state index contributed by atoms with van der Waals surface area (Å²) in [5.74, 6) is -0.169. The zero-order chi connectivity index (χ0) is 10.4. The third-order valence-corrected chi connectivity index (χ3v) is 2.12. The smallest absolute Gasteiger partial charge is 0.366 e. The maximum absolute atomic E-state index is 11.2. The quantitative estimate of drug-likeness (QED) is 0.589. The first-order valence-electron chi connectivity index (χ1n) is 4.33. The molecule has 0 saturated heterocycles. The van der Waals surface area contributed by atoms with Crippen molar-refractivity contribution >= 4 is 17.6 Å². The normalized spacial score (nSPS) is 12.1. The Bertz CT molecular complexity index is 289. The molecule has 0 bridgehead atoms. The predicted molar refractivity (Wildman–Crippen MR) is 53.6 cm³/mol. The Morgan fingerprint density at radius 2 is 2.07 bits per heavy atom. The van der Waals surface area contributed by atoms with E-state index in [2.05, 4.69) is 5.73 Å². The number of carbonyl (C=O) groups is 1. The maximum atomic E-state index is 11.2. The Kier molecular flexibility index (Phi) is 4.43. The molecule has 1 rings (SSSR count). The van der Waals surface area contributed by atoms with E-state index in [1.54, 1.807) is 0 Å². The zero-order valence-corrected chi connectivity index (χ0v) is 8.54. The van der Waals surface area contributed by atoms with Gasteiger partial charge in [0.2, 0.25) is 0 Å². The monoisotopic (exact) mass is 214 g/mol. The lowest BCUT2D eigenvalue weighted by atomic mass is 10.2. The lowest BCUT2D eigenvalue weighted by Crippen LogP contribution is -2.66. The number of quaternary nitrogens is 1. The Hall–Kier alpha value is -1.06. The number of hydrogen-bond acceptors (Lipinski definition) is 2. The van der Waals surface area contributed by atoms with Gasteiger partial charge in [-0.25, -0.2) is 4.79 Å². The number of carbonyl (C=O) groups excluding carboxylic acids is 1. The van der Waals surface area contributed by atoms with Gasteiger partial charge in [-0.2, -0.15) is 0 Å². The molecule has 0 amide bonds. The van der Waals surface area contributed by atoms with Crippen LogP contribution in [0.3, 0.4) is 0 Å². The molecule has 14 heavy (non-hydrogen) atoms. The van der Waals surface area contributed by atoms with E-state index in [9.17, 15) is 4.79 Å². The summed E-state index contributed by atoms with van der Waals surface area (Å²) in [6.07, 6.45) is 0. The number of esters is 1. The second-order valence-electron chi connectivity index (χ2n) is 2.94. The van der Waals surface area contributed by atoms with E-state index in [4.69, 9.17) is 16.3 Å². The summed E-state index contributed by atoms with van der Waals surface area (Å²) in [4.78, 5) is 11.2. The fourth-order valence-electron chi connectivity index (χ4n) is 0.910. The van der Waals surface area contributed by atoms with Crippen LogP contribution >= 0.6 is 11.6 Å². The van der Waals surface area contributed by atoms with Crippen LogP contribution in [0, 0.1) is 0 Å². The van der Waals surface area contributed by atoms with Gasteiger partial charge in [0.15, 0.2) is 6.04 Å². The molecule has 0 radical (unpaired) electrons. The van der Waals surface area contributed by atoms with E-state index in [0.717, 1.165) is 5.56 Å². The first-order valence-corrected chi connectivity index (χ1v) is 4.87. The number of benzene rings is 1. The van der Waals surface area contributed by atoms with Crippen LogP contribution in [0.1, 0.15) is 5.56 Å². The van der Waals surface area contributed by atoms with Crippen LogP contribution in [0.4, 0.5) is 0 Å². The van der Waals surface area contributed by atoms with Gasteiger partial charge in [-0.1, -0.05) is 30.3 Å². The lowest BCUT2D eigenvalue weighted by molar-refractivity contribution is -0.401. The number of halogens is 1. The standard InChI is InChI=1S/C10H12ClNO2/c11-6-9(12)10(13)14-7-8-4-2-1-3-5-8/h1-5,9H,6-7,12H2/p+1/t9-/m0/s1. The number of rotatable bonds is 4. The van der Waals surface area contributed by atoms with Crippen molar-refractivity contribution in [2.45, 2.75) is 12.6 Å². The molecule has 0 unspecified atom stereocenters. The van der Waals surface area contributed by atoms with Gasteiger partial charge in [-0.05, 0) is 5.56 Å². The van der Waals surface area contributed by atoms with Gasteiger partial charge in [0.1, 0.15) is 6.61 Å². The maximum Gasteiger partial charge on any atom is 0.366 e. The highest BCUT2D eigenvalue weighted by atomic mass is 35.5. The van der Waals surface area contributed by atoms with Crippen LogP contribution in [0.2, 0.25) is 0 Å². The molecule has 3 N–H and O–H groups in total. The van der Waals surface area contributed by atoms with Crippen LogP contribution in [0.25, 0.3) is 0 Å². The zero-order valence-electron chi connectivity index (χ0n) is 7.78. The molecule has 1 aromatic carbocycles. The van der Waals surface area contributed by atoms with Crippen molar-refractivity contribution in [2.75, 3.05) is 5.88 Å². The SMILES string of the molecule is [NH3+][C@@H](CCl)C(=O)OCc1ccccc1. The van der Waals surface area contributed by atoms with E-state index in [-0.39, 0.29) is 18.5 Å². The molecule has 0 fully saturated rings. The highest BCUT2D eigenvalue weighted by Gasteiger charge is 2.16. The summed E-state index contributed by atoms with van der Waals surface area (Å²) in [5.41, 5.74) is 4.52.